The molecule has 18 heavy (non-hydrogen) atoms. The maximum atomic E-state index is 8.36. The van der Waals surface area contributed by atoms with Crippen molar-refractivity contribution in [2.24, 2.45) is 0 Å². The van der Waals surface area contributed by atoms with Gasteiger partial charge in [-0.05, 0) is 38.5 Å². The Morgan fingerprint density at radius 2 is 1.89 bits per heavy atom. The molecule has 104 valence electrons. The lowest BCUT2D eigenvalue weighted by atomic mass is 10.1. The summed E-state index contributed by atoms with van der Waals surface area (Å²) in [5, 5.41) is 8.36. The Bertz CT molecular complexity index is 222. The number of nitriles is 1. The highest BCUT2D eigenvalue weighted by Crippen LogP contribution is 2.12. The van der Waals surface area contributed by atoms with Crippen LogP contribution in [0.5, 0.6) is 0 Å². The van der Waals surface area contributed by atoms with Gasteiger partial charge >= 0.3 is 0 Å². The third-order valence-electron chi connectivity index (χ3n) is 2.98. The molecule has 1 aliphatic rings. The molecule has 1 saturated heterocycles. The molecule has 0 saturated carbocycles. The molecule has 0 radical (unpaired) electrons. The molecule has 1 rings (SSSR count). The molecule has 0 aromatic carbocycles. The number of ether oxygens (including phenoxy) is 3. The van der Waals surface area contributed by atoms with Crippen molar-refractivity contribution in [3.05, 3.63) is 0 Å². The maximum Gasteiger partial charge on any atom is 0.0808 e. The molecule has 1 aliphatic heterocycles. The fourth-order valence-corrected chi connectivity index (χ4v) is 1.93. The molecule has 1 atom stereocenters. The van der Waals surface area contributed by atoms with Crippen molar-refractivity contribution in [2.75, 3.05) is 33.0 Å². The summed E-state index contributed by atoms with van der Waals surface area (Å²) in [6.45, 7) is 3.87. The molecular weight excluding hydrogens is 230 g/mol. The summed E-state index contributed by atoms with van der Waals surface area (Å²) in [6.07, 6.45) is 7.38. The van der Waals surface area contributed by atoms with Gasteiger partial charge in [-0.1, -0.05) is 0 Å². The van der Waals surface area contributed by atoms with E-state index in [1.807, 2.05) is 0 Å². The molecule has 0 aromatic heterocycles. The zero-order valence-electron chi connectivity index (χ0n) is 11.2. The molecule has 0 bridgehead atoms. The average Bonchev–Trinajstić information content (AvgIpc) is 2.42. The van der Waals surface area contributed by atoms with Crippen molar-refractivity contribution in [3.8, 4) is 6.07 Å². The van der Waals surface area contributed by atoms with Crippen LogP contribution in [0.15, 0.2) is 0 Å². The Morgan fingerprint density at radius 3 is 2.67 bits per heavy atom. The lowest BCUT2D eigenvalue weighted by molar-refractivity contribution is -0.0435. The second kappa shape index (κ2) is 11.5. The quantitative estimate of drug-likeness (QED) is 0.563. The molecule has 4 heteroatoms. The molecule has 0 amide bonds. The number of unbranched alkanes of at least 4 members (excludes halogenated alkanes) is 2. The SMILES string of the molecule is N#CCCCCOCCCOCC1CCCCO1. The first-order chi connectivity index (χ1) is 8.93. The second-order valence-corrected chi connectivity index (χ2v) is 4.64. The third kappa shape index (κ3) is 8.46. The summed E-state index contributed by atoms with van der Waals surface area (Å²) >= 11 is 0. The van der Waals surface area contributed by atoms with E-state index in [1.165, 1.54) is 12.8 Å². The molecule has 1 fully saturated rings. The summed E-state index contributed by atoms with van der Waals surface area (Å²) in [4.78, 5) is 0. The standard InChI is InChI=1S/C14H25NO3/c15-8-3-1-4-9-16-10-6-11-17-13-14-7-2-5-12-18-14/h14H,1-7,9-13H2. The molecule has 1 heterocycles. The summed E-state index contributed by atoms with van der Waals surface area (Å²) in [5.41, 5.74) is 0. The van der Waals surface area contributed by atoms with Gasteiger partial charge in [0, 0.05) is 32.8 Å². The van der Waals surface area contributed by atoms with Crippen LogP contribution in [0.1, 0.15) is 44.9 Å². The Hall–Kier alpha value is -0.630. The van der Waals surface area contributed by atoms with Gasteiger partial charge in [0.1, 0.15) is 0 Å². The van der Waals surface area contributed by atoms with Crippen molar-refractivity contribution >= 4 is 0 Å². The minimum atomic E-state index is 0.311. The average molecular weight is 255 g/mol. The van der Waals surface area contributed by atoms with E-state index < -0.39 is 0 Å². The summed E-state index contributed by atoms with van der Waals surface area (Å²) in [7, 11) is 0. The topological polar surface area (TPSA) is 51.5 Å². The van der Waals surface area contributed by atoms with Gasteiger partial charge in [-0.2, -0.15) is 5.26 Å². The highest BCUT2D eigenvalue weighted by molar-refractivity contribution is 4.67. The summed E-state index contributed by atoms with van der Waals surface area (Å²) < 4.78 is 16.6. The molecule has 1 unspecified atom stereocenters. The third-order valence-corrected chi connectivity index (χ3v) is 2.98. The number of nitrogens with zero attached hydrogens (tertiary/aromatic N) is 1. The Morgan fingerprint density at radius 1 is 1.06 bits per heavy atom. The smallest absolute Gasteiger partial charge is 0.0808 e. The van der Waals surface area contributed by atoms with Crippen LogP contribution in [0.25, 0.3) is 0 Å². The van der Waals surface area contributed by atoms with Crippen LogP contribution < -0.4 is 0 Å². The van der Waals surface area contributed by atoms with Crippen LogP contribution >= 0.6 is 0 Å². The molecule has 0 aromatic rings. The van der Waals surface area contributed by atoms with Gasteiger partial charge < -0.3 is 14.2 Å². The summed E-state index contributed by atoms with van der Waals surface area (Å²) in [5.74, 6) is 0. The van der Waals surface area contributed by atoms with E-state index in [1.54, 1.807) is 0 Å². The zero-order valence-corrected chi connectivity index (χ0v) is 11.2. The van der Waals surface area contributed by atoms with Gasteiger partial charge in [-0.3, -0.25) is 0 Å². The van der Waals surface area contributed by atoms with Crippen molar-refractivity contribution in [1.82, 2.24) is 0 Å². The Kier molecular flexibility index (Phi) is 9.82. The Labute approximate surface area is 110 Å². The minimum absolute atomic E-state index is 0.311. The van der Waals surface area contributed by atoms with Gasteiger partial charge in [0.15, 0.2) is 0 Å². The molecule has 0 aliphatic carbocycles. The van der Waals surface area contributed by atoms with E-state index in [2.05, 4.69) is 6.07 Å². The first kappa shape index (κ1) is 15.4. The van der Waals surface area contributed by atoms with Gasteiger partial charge in [-0.25, -0.2) is 0 Å². The van der Waals surface area contributed by atoms with Crippen LogP contribution in [-0.4, -0.2) is 39.1 Å². The van der Waals surface area contributed by atoms with E-state index in [4.69, 9.17) is 19.5 Å². The first-order valence-corrected chi connectivity index (χ1v) is 7.07. The molecule has 4 nitrogen and oxygen atoms in total. The van der Waals surface area contributed by atoms with Crippen LogP contribution in [0, 0.1) is 11.3 Å². The van der Waals surface area contributed by atoms with Crippen molar-refractivity contribution in [2.45, 2.75) is 51.0 Å². The molecular formula is C14H25NO3. The first-order valence-electron chi connectivity index (χ1n) is 7.07. The second-order valence-electron chi connectivity index (χ2n) is 4.64. The zero-order chi connectivity index (χ0) is 12.9. The normalized spacial score (nSPS) is 19.6. The number of hydrogen-bond acceptors (Lipinski definition) is 4. The van der Waals surface area contributed by atoms with Crippen molar-refractivity contribution in [1.29, 1.82) is 5.26 Å². The van der Waals surface area contributed by atoms with Crippen LogP contribution in [0.4, 0.5) is 0 Å². The minimum Gasteiger partial charge on any atom is -0.381 e. The van der Waals surface area contributed by atoms with Crippen molar-refractivity contribution < 1.29 is 14.2 Å². The fraction of sp³-hybridized carbons (Fsp3) is 0.929. The highest BCUT2D eigenvalue weighted by Gasteiger charge is 2.13. The van der Waals surface area contributed by atoms with E-state index in [-0.39, 0.29) is 0 Å². The van der Waals surface area contributed by atoms with Gasteiger partial charge in [-0.15, -0.1) is 0 Å². The molecule has 0 N–H and O–H groups in total. The van der Waals surface area contributed by atoms with Crippen molar-refractivity contribution in [3.63, 3.8) is 0 Å². The van der Waals surface area contributed by atoms with E-state index in [9.17, 15) is 0 Å². The highest BCUT2D eigenvalue weighted by atomic mass is 16.5. The van der Waals surface area contributed by atoms with Crippen LogP contribution in [0.3, 0.4) is 0 Å². The monoisotopic (exact) mass is 255 g/mol. The largest absolute Gasteiger partial charge is 0.381 e. The predicted molar refractivity (Wildman–Crippen MR) is 69.3 cm³/mol. The lowest BCUT2D eigenvalue weighted by Gasteiger charge is -2.22. The number of rotatable bonds is 10. The van der Waals surface area contributed by atoms with Gasteiger partial charge in [0.05, 0.1) is 18.8 Å². The summed E-state index contributed by atoms with van der Waals surface area (Å²) in [6, 6.07) is 2.13. The van der Waals surface area contributed by atoms with Crippen LogP contribution in [-0.2, 0) is 14.2 Å². The lowest BCUT2D eigenvalue weighted by Crippen LogP contribution is -2.24. The Balaban J connectivity index is 1.74. The van der Waals surface area contributed by atoms with E-state index in [0.29, 0.717) is 12.5 Å². The fourth-order valence-electron chi connectivity index (χ4n) is 1.93. The molecule has 0 spiro atoms. The van der Waals surface area contributed by atoms with Gasteiger partial charge in [0.25, 0.3) is 0 Å². The van der Waals surface area contributed by atoms with E-state index >= 15 is 0 Å². The van der Waals surface area contributed by atoms with Crippen LogP contribution in [0.2, 0.25) is 0 Å². The van der Waals surface area contributed by atoms with E-state index in [0.717, 1.165) is 58.7 Å². The predicted octanol–water partition coefficient (Wildman–Crippen LogP) is 2.67. The number of hydrogen-bond donors (Lipinski definition) is 0. The maximum absolute atomic E-state index is 8.36. The van der Waals surface area contributed by atoms with Gasteiger partial charge in [0.2, 0.25) is 0 Å².